The summed E-state index contributed by atoms with van der Waals surface area (Å²) in [5.74, 6) is -1.72. The Labute approximate surface area is 149 Å². The van der Waals surface area contributed by atoms with E-state index in [1.54, 1.807) is 12.1 Å². The Balaban J connectivity index is 2.25. The van der Waals surface area contributed by atoms with Gasteiger partial charge in [-0.2, -0.15) is 13.2 Å². The molecule has 4 nitrogen and oxygen atoms in total. The van der Waals surface area contributed by atoms with Crippen molar-refractivity contribution in [1.29, 1.82) is 0 Å². The number of amides is 1. The fourth-order valence-corrected chi connectivity index (χ4v) is 2.46. The van der Waals surface area contributed by atoms with Gasteiger partial charge in [0.1, 0.15) is 6.04 Å². The van der Waals surface area contributed by atoms with Crippen LogP contribution >= 0.6 is 0 Å². The van der Waals surface area contributed by atoms with Gasteiger partial charge in [-0.15, -0.1) is 0 Å². The molecule has 0 heterocycles. The van der Waals surface area contributed by atoms with Gasteiger partial charge in [0.25, 0.3) is 5.91 Å². The van der Waals surface area contributed by atoms with Crippen molar-refractivity contribution >= 4 is 11.9 Å². The Morgan fingerprint density at radius 1 is 1.08 bits per heavy atom. The maximum Gasteiger partial charge on any atom is 0.417 e. The molecule has 1 N–H and O–H groups in total. The van der Waals surface area contributed by atoms with E-state index in [1.165, 1.54) is 12.1 Å². The molecule has 0 spiro atoms. The summed E-state index contributed by atoms with van der Waals surface area (Å²) in [6.45, 7) is 1.90. The molecule has 0 unspecified atom stereocenters. The number of carbonyl (C=O) groups excluding carboxylic acids is 2. The molecular weight excluding hydrogens is 347 g/mol. The normalized spacial score (nSPS) is 12.3. The number of benzene rings is 2. The molecule has 1 amide bonds. The average Bonchev–Trinajstić information content (AvgIpc) is 2.61. The molecule has 0 aromatic heterocycles. The SMILES string of the molecule is COC(=O)[C@@H](Cc1ccc(C)cc1)NC(=O)c1ccccc1C(F)(F)F. The van der Waals surface area contributed by atoms with Gasteiger partial charge in [0, 0.05) is 6.42 Å². The summed E-state index contributed by atoms with van der Waals surface area (Å²) >= 11 is 0. The second-order valence-electron chi connectivity index (χ2n) is 5.78. The van der Waals surface area contributed by atoms with Crippen molar-refractivity contribution in [3.8, 4) is 0 Å². The number of hydrogen-bond donors (Lipinski definition) is 1. The Hall–Kier alpha value is -2.83. The number of ether oxygens (including phenoxy) is 1. The monoisotopic (exact) mass is 365 g/mol. The van der Waals surface area contributed by atoms with Gasteiger partial charge in [0.15, 0.2) is 0 Å². The van der Waals surface area contributed by atoms with Crippen molar-refractivity contribution in [2.45, 2.75) is 25.6 Å². The van der Waals surface area contributed by atoms with E-state index >= 15 is 0 Å². The molecule has 0 bridgehead atoms. The maximum absolute atomic E-state index is 13.1. The minimum absolute atomic E-state index is 0.104. The van der Waals surface area contributed by atoms with Crippen LogP contribution in [-0.2, 0) is 22.1 Å². The molecule has 2 aromatic carbocycles. The Bertz CT molecular complexity index is 785. The molecule has 0 saturated heterocycles. The molecule has 0 radical (unpaired) electrons. The number of aryl methyl sites for hydroxylation is 1. The largest absolute Gasteiger partial charge is 0.467 e. The lowest BCUT2D eigenvalue weighted by Crippen LogP contribution is -2.43. The maximum atomic E-state index is 13.1. The third kappa shape index (κ3) is 4.84. The second kappa shape index (κ2) is 8.03. The Kier molecular flexibility index (Phi) is 6.02. The van der Waals surface area contributed by atoms with Crippen LogP contribution in [0, 0.1) is 6.92 Å². The molecule has 0 aliphatic heterocycles. The van der Waals surface area contributed by atoms with Gasteiger partial charge in [-0.25, -0.2) is 4.79 Å². The molecule has 7 heteroatoms. The van der Waals surface area contributed by atoms with E-state index in [2.05, 4.69) is 10.1 Å². The molecular formula is C19H18F3NO3. The van der Waals surface area contributed by atoms with E-state index in [4.69, 9.17) is 0 Å². The Morgan fingerprint density at radius 3 is 2.27 bits per heavy atom. The first-order valence-corrected chi connectivity index (χ1v) is 7.83. The minimum Gasteiger partial charge on any atom is -0.467 e. The molecule has 0 fully saturated rings. The average molecular weight is 365 g/mol. The van der Waals surface area contributed by atoms with Gasteiger partial charge in [-0.05, 0) is 24.6 Å². The molecule has 2 rings (SSSR count). The minimum atomic E-state index is -4.67. The predicted octanol–water partition coefficient (Wildman–Crippen LogP) is 3.53. The van der Waals surface area contributed by atoms with Crippen LogP contribution in [0.25, 0.3) is 0 Å². The molecule has 26 heavy (non-hydrogen) atoms. The fourth-order valence-electron chi connectivity index (χ4n) is 2.46. The molecule has 1 atom stereocenters. The summed E-state index contributed by atoms with van der Waals surface area (Å²) in [6.07, 6.45) is -4.57. The number of hydrogen-bond acceptors (Lipinski definition) is 3. The van der Waals surface area contributed by atoms with Crippen LogP contribution in [0.15, 0.2) is 48.5 Å². The fraction of sp³-hybridized carbons (Fsp3) is 0.263. The van der Waals surface area contributed by atoms with Crippen LogP contribution in [0.2, 0.25) is 0 Å². The van der Waals surface area contributed by atoms with E-state index < -0.39 is 35.2 Å². The highest BCUT2D eigenvalue weighted by Gasteiger charge is 2.35. The third-order valence-electron chi connectivity index (χ3n) is 3.83. The van der Waals surface area contributed by atoms with E-state index in [9.17, 15) is 22.8 Å². The summed E-state index contributed by atoms with van der Waals surface area (Å²) in [6, 6.07) is 10.6. The van der Waals surface area contributed by atoms with Gasteiger partial charge >= 0.3 is 12.1 Å². The van der Waals surface area contributed by atoms with Gasteiger partial charge in [-0.3, -0.25) is 4.79 Å². The van der Waals surface area contributed by atoms with Crippen molar-refractivity contribution in [3.63, 3.8) is 0 Å². The van der Waals surface area contributed by atoms with Crippen LogP contribution < -0.4 is 5.32 Å². The van der Waals surface area contributed by atoms with Crippen molar-refractivity contribution in [2.75, 3.05) is 7.11 Å². The number of nitrogens with one attached hydrogen (secondary N) is 1. The number of esters is 1. The summed E-state index contributed by atoms with van der Waals surface area (Å²) in [4.78, 5) is 24.3. The summed E-state index contributed by atoms with van der Waals surface area (Å²) < 4.78 is 43.9. The zero-order valence-corrected chi connectivity index (χ0v) is 14.3. The lowest BCUT2D eigenvalue weighted by molar-refractivity contribution is -0.142. The third-order valence-corrected chi connectivity index (χ3v) is 3.83. The second-order valence-corrected chi connectivity index (χ2v) is 5.78. The Morgan fingerprint density at radius 2 is 1.69 bits per heavy atom. The summed E-state index contributed by atoms with van der Waals surface area (Å²) in [5.41, 5.74) is 0.163. The van der Waals surface area contributed by atoms with Crippen LogP contribution in [0.4, 0.5) is 13.2 Å². The quantitative estimate of drug-likeness (QED) is 0.825. The highest BCUT2D eigenvalue weighted by Crippen LogP contribution is 2.31. The van der Waals surface area contributed by atoms with Gasteiger partial charge in [0.2, 0.25) is 0 Å². The molecule has 2 aromatic rings. The van der Waals surface area contributed by atoms with E-state index in [0.717, 1.165) is 30.4 Å². The van der Waals surface area contributed by atoms with Gasteiger partial charge in [-0.1, -0.05) is 42.0 Å². The van der Waals surface area contributed by atoms with Crippen molar-refractivity contribution in [3.05, 3.63) is 70.8 Å². The zero-order chi connectivity index (χ0) is 19.3. The van der Waals surface area contributed by atoms with E-state index in [0.29, 0.717) is 0 Å². The lowest BCUT2D eigenvalue weighted by atomic mass is 10.0. The van der Waals surface area contributed by atoms with Gasteiger partial charge in [0.05, 0.1) is 18.2 Å². The summed E-state index contributed by atoms with van der Waals surface area (Å²) in [5, 5.41) is 2.35. The van der Waals surface area contributed by atoms with Crippen LogP contribution in [-0.4, -0.2) is 25.0 Å². The molecule has 138 valence electrons. The predicted molar refractivity (Wildman–Crippen MR) is 89.6 cm³/mol. The molecule has 0 saturated carbocycles. The van der Waals surface area contributed by atoms with Crippen LogP contribution in [0.5, 0.6) is 0 Å². The first-order valence-electron chi connectivity index (χ1n) is 7.83. The van der Waals surface area contributed by atoms with Crippen molar-refractivity contribution in [1.82, 2.24) is 5.32 Å². The number of alkyl halides is 3. The van der Waals surface area contributed by atoms with Gasteiger partial charge < -0.3 is 10.1 Å². The van der Waals surface area contributed by atoms with E-state index in [1.807, 2.05) is 19.1 Å². The highest BCUT2D eigenvalue weighted by atomic mass is 19.4. The first kappa shape index (κ1) is 19.5. The number of methoxy groups -OCH3 is 1. The number of halogens is 3. The van der Waals surface area contributed by atoms with Crippen LogP contribution in [0.1, 0.15) is 27.0 Å². The molecule has 0 aliphatic rings. The zero-order valence-electron chi connectivity index (χ0n) is 14.3. The number of rotatable bonds is 5. The van der Waals surface area contributed by atoms with Crippen LogP contribution in [0.3, 0.4) is 0 Å². The smallest absolute Gasteiger partial charge is 0.417 e. The summed E-state index contributed by atoms with van der Waals surface area (Å²) in [7, 11) is 1.15. The molecule has 0 aliphatic carbocycles. The van der Waals surface area contributed by atoms with Crippen molar-refractivity contribution in [2.24, 2.45) is 0 Å². The standard InChI is InChI=1S/C19H18F3NO3/c1-12-7-9-13(10-8-12)11-16(18(25)26-2)23-17(24)14-5-3-4-6-15(14)19(20,21)22/h3-10,16H,11H2,1-2H3,(H,23,24)/t16-/m1/s1. The van der Waals surface area contributed by atoms with Crippen molar-refractivity contribution < 1.29 is 27.5 Å². The first-order chi connectivity index (χ1) is 12.2. The highest BCUT2D eigenvalue weighted by molar-refractivity contribution is 5.98. The van der Waals surface area contributed by atoms with E-state index in [-0.39, 0.29) is 6.42 Å². The topological polar surface area (TPSA) is 55.4 Å². The number of carbonyl (C=O) groups is 2. The lowest BCUT2D eigenvalue weighted by Gasteiger charge is -2.18.